The Hall–Kier alpha value is -2.21. The van der Waals surface area contributed by atoms with Gasteiger partial charge in [0, 0.05) is 43.7 Å². The first-order valence-electron chi connectivity index (χ1n) is 12.3. The molecule has 0 aliphatic carbocycles. The van der Waals surface area contributed by atoms with Crippen LogP contribution in [-0.4, -0.2) is 59.8 Å². The van der Waals surface area contributed by atoms with E-state index >= 15 is 0 Å². The van der Waals surface area contributed by atoms with Gasteiger partial charge in [0.1, 0.15) is 5.60 Å². The number of carbonyl (C=O) groups is 2. The van der Waals surface area contributed by atoms with Crippen molar-refractivity contribution in [2.75, 3.05) is 24.4 Å². The van der Waals surface area contributed by atoms with Crippen molar-refractivity contribution in [3.63, 3.8) is 0 Å². The Balaban J connectivity index is 1.54. The maximum atomic E-state index is 13.3. The molecule has 13 heteroatoms. The summed E-state index contributed by atoms with van der Waals surface area (Å²) in [6.45, 7) is 6.86. The summed E-state index contributed by atoms with van der Waals surface area (Å²) in [4.78, 5) is 28.5. The summed E-state index contributed by atoms with van der Waals surface area (Å²) in [7, 11) is -3.86. The van der Waals surface area contributed by atoms with Crippen LogP contribution in [0.5, 0.6) is 0 Å². The number of hydrogen-bond acceptors (Lipinski definition) is 5. The number of fused-ring (bicyclic) bond motifs is 3. The summed E-state index contributed by atoms with van der Waals surface area (Å²) < 4.78 is 36.1. The van der Waals surface area contributed by atoms with Crippen LogP contribution in [0.2, 0.25) is 10.0 Å². The van der Waals surface area contributed by atoms with Crippen molar-refractivity contribution in [2.24, 2.45) is 11.7 Å². The number of ether oxygens (including phenoxy) is 1. The van der Waals surface area contributed by atoms with Crippen LogP contribution in [0.3, 0.4) is 0 Å². The third kappa shape index (κ3) is 6.27. The summed E-state index contributed by atoms with van der Waals surface area (Å²) in [5.74, 6) is -0.432. The molecule has 2 amide bonds. The van der Waals surface area contributed by atoms with Gasteiger partial charge in [-0.3, -0.25) is 9.52 Å². The zero-order valence-electron chi connectivity index (χ0n) is 21.2. The highest BCUT2D eigenvalue weighted by Crippen LogP contribution is 2.42. The normalized spacial score (nSPS) is 19.9. The van der Waals surface area contributed by atoms with Crippen LogP contribution in [0.4, 0.5) is 10.5 Å². The average Bonchev–Trinajstić information content (AvgIpc) is 3.11. The highest BCUT2D eigenvalue weighted by molar-refractivity contribution is 7.90. The number of nitrogens with zero attached hydrogens (tertiary/aromatic N) is 2. The van der Waals surface area contributed by atoms with E-state index in [-0.39, 0.29) is 31.5 Å². The second-order valence-corrected chi connectivity index (χ2v) is 13.2. The molecule has 1 aromatic carbocycles. The molecule has 3 heterocycles. The van der Waals surface area contributed by atoms with Crippen molar-refractivity contribution in [3.8, 4) is 0 Å². The fourth-order valence-electron chi connectivity index (χ4n) is 4.88. The molecular weight excluding hydrogens is 541 g/mol. The number of aromatic amines is 1. The van der Waals surface area contributed by atoms with Gasteiger partial charge in [-0.2, -0.15) is 12.7 Å². The van der Waals surface area contributed by atoms with Gasteiger partial charge in [-0.25, -0.2) is 4.79 Å². The number of nitrogens with one attached hydrogen (secondary N) is 2. The molecule has 0 bridgehead atoms. The molecule has 2 aliphatic heterocycles. The molecule has 2 aromatic rings. The van der Waals surface area contributed by atoms with Gasteiger partial charge in [-0.15, -0.1) is 0 Å². The molecule has 4 rings (SSSR count). The molecule has 10 nitrogen and oxygen atoms in total. The van der Waals surface area contributed by atoms with Crippen molar-refractivity contribution in [3.05, 3.63) is 27.4 Å². The zero-order valence-corrected chi connectivity index (χ0v) is 23.5. The highest BCUT2D eigenvalue weighted by atomic mass is 35.5. The van der Waals surface area contributed by atoms with Gasteiger partial charge in [0.2, 0.25) is 5.91 Å². The Morgan fingerprint density at radius 1 is 1.27 bits per heavy atom. The third-order valence-corrected chi connectivity index (χ3v) is 8.66. The van der Waals surface area contributed by atoms with Gasteiger partial charge in [-0.05, 0) is 64.0 Å². The summed E-state index contributed by atoms with van der Waals surface area (Å²) in [6, 6.07) is 1.73. The zero-order chi connectivity index (χ0) is 27.1. The van der Waals surface area contributed by atoms with Gasteiger partial charge in [0.05, 0.1) is 21.2 Å². The predicted octanol–water partition coefficient (Wildman–Crippen LogP) is 4.40. The Kier molecular flexibility index (Phi) is 7.90. The summed E-state index contributed by atoms with van der Waals surface area (Å²) in [6.07, 6.45) is 2.38. The van der Waals surface area contributed by atoms with E-state index in [4.69, 9.17) is 33.7 Å². The van der Waals surface area contributed by atoms with E-state index in [0.29, 0.717) is 63.8 Å². The lowest BCUT2D eigenvalue weighted by Crippen LogP contribution is -2.48. The van der Waals surface area contributed by atoms with Crippen LogP contribution in [0, 0.1) is 5.92 Å². The number of aryl methyl sites for hydroxylation is 1. The Morgan fingerprint density at radius 3 is 2.68 bits per heavy atom. The molecule has 4 N–H and O–H groups in total. The van der Waals surface area contributed by atoms with Crippen LogP contribution in [-0.2, 0) is 32.7 Å². The van der Waals surface area contributed by atoms with Crippen LogP contribution in [0.25, 0.3) is 10.9 Å². The lowest BCUT2D eigenvalue weighted by atomic mass is 9.98. The highest BCUT2D eigenvalue weighted by Gasteiger charge is 2.36. The Bertz CT molecular complexity index is 1320. The van der Waals surface area contributed by atoms with Crippen LogP contribution in [0.15, 0.2) is 6.07 Å². The lowest BCUT2D eigenvalue weighted by molar-refractivity contribution is -0.118. The maximum absolute atomic E-state index is 13.3. The number of hydrogen-bond donors (Lipinski definition) is 3. The SMILES string of the molecule is CC(C)(C)OC(=O)N1CCCC(CN2Cc3cc(Cl)c4c(Cl)c(CCCC(N)=O)[nH]c4c3NS2(=O)=O)C1. The molecule has 1 aromatic heterocycles. The molecule has 1 atom stereocenters. The number of H-pyrrole nitrogens is 1. The summed E-state index contributed by atoms with van der Waals surface area (Å²) in [5.41, 5.74) is 6.94. The van der Waals surface area contributed by atoms with E-state index in [1.807, 2.05) is 20.8 Å². The minimum absolute atomic E-state index is 0.0320. The van der Waals surface area contributed by atoms with E-state index in [0.717, 1.165) is 12.8 Å². The predicted molar refractivity (Wildman–Crippen MR) is 144 cm³/mol. The number of amides is 2. The van der Waals surface area contributed by atoms with Crippen molar-refractivity contribution in [1.82, 2.24) is 14.2 Å². The molecule has 1 unspecified atom stereocenters. The molecule has 1 fully saturated rings. The van der Waals surface area contributed by atoms with Gasteiger partial charge >= 0.3 is 16.3 Å². The van der Waals surface area contributed by atoms with E-state index in [1.54, 1.807) is 11.0 Å². The first-order chi connectivity index (χ1) is 17.2. The molecule has 1 saturated heterocycles. The maximum Gasteiger partial charge on any atom is 0.410 e. The number of likely N-dealkylation sites (tertiary alicyclic amines) is 1. The van der Waals surface area contributed by atoms with Crippen LogP contribution >= 0.6 is 23.2 Å². The smallest absolute Gasteiger partial charge is 0.410 e. The standard InChI is InChI=1S/C24H33Cl2N5O5S/c1-24(2,3)36-23(33)30-9-5-6-14(11-30)12-31-13-15-10-16(25)19-20(26)17(7-4-8-18(27)32)28-22(19)21(15)29-37(31,34)35/h10,14,28-29H,4-9,11-13H2,1-3H3,(H2,27,32). The topological polar surface area (TPSA) is 138 Å². The number of nitrogens with two attached hydrogens (primary N) is 1. The number of aromatic nitrogens is 1. The second kappa shape index (κ2) is 10.5. The minimum Gasteiger partial charge on any atom is -0.444 e. The first kappa shape index (κ1) is 27.8. The van der Waals surface area contributed by atoms with E-state index < -0.39 is 21.7 Å². The number of carbonyl (C=O) groups excluding carboxylic acids is 2. The quantitative estimate of drug-likeness (QED) is 0.470. The summed E-state index contributed by atoms with van der Waals surface area (Å²) in [5, 5.41) is 1.34. The number of primary amides is 1. The molecule has 2 aliphatic rings. The second-order valence-electron chi connectivity index (χ2n) is 10.7. The Morgan fingerprint density at radius 2 is 2.00 bits per heavy atom. The number of piperidine rings is 1. The monoisotopic (exact) mass is 573 g/mol. The van der Waals surface area contributed by atoms with Crippen molar-refractivity contribution in [2.45, 2.75) is 65.0 Å². The number of halogens is 2. The fourth-order valence-corrected chi connectivity index (χ4v) is 6.92. The molecule has 0 radical (unpaired) electrons. The number of anilines is 1. The van der Waals surface area contributed by atoms with Crippen molar-refractivity contribution < 1.29 is 22.7 Å². The van der Waals surface area contributed by atoms with Crippen LogP contribution < -0.4 is 10.5 Å². The summed E-state index contributed by atoms with van der Waals surface area (Å²) >= 11 is 13.1. The third-order valence-electron chi connectivity index (χ3n) is 6.52. The van der Waals surface area contributed by atoms with Crippen molar-refractivity contribution >= 4 is 62.0 Å². The molecule has 204 valence electrons. The van der Waals surface area contributed by atoms with Gasteiger partial charge in [0.15, 0.2) is 0 Å². The Labute approximate surface area is 226 Å². The minimum atomic E-state index is -3.86. The van der Waals surface area contributed by atoms with E-state index in [9.17, 15) is 18.0 Å². The molecule has 37 heavy (non-hydrogen) atoms. The van der Waals surface area contributed by atoms with E-state index in [2.05, 4.69) is 9.71 Å². The van der Waals surface area contributed by atoms with Crippen molar-refractivity contribution in [1.29, 1.82) is 0 Å². The molecule has 0 saturated carbocycles. The number of benzene rings is 1. The lowest BCUT2D eigenvalue weighted by Gasteiger charge is -2.37. The number of rotatable bonds is 6. The van der Waals surface area contributed by atoms with Gasteiger partial charge in [-0.1, -0.05) is 23.2 Å². The fraction of sp³-hybridized carbons (Fsp3) is 0.583. The van der Waals surface area contributed by atoms with Gasteiger partial charge in [0.25, 0.3) is 0 Å². The molecular formula is C24H33Cl2N5O5S. The largest absolute Gasteiger partial charge is 0.444 e. The van der Waals surface area contributed by atoms with E-state index in [1.165, 1.54) is 4.31 Å². The first-order valence-corrected chi connectivity index (χ1v) is 14.5. The molecule has 0 spiro atoms. The van der Waals surface area contributed by atoms with Crippen LogP contribution in [0.1, 0.15) is 57.7 Å². The van der Waals surface area contributed by atoms with Gasteiger partial charge < -0.3 is 20.4 Å². The average molecular weight is 575 g/mol.